The van der Waals surface area contributed by atoms with E-state index in [0.29, 0.717) is 11.7 Å². The third-order valence-corrected chi connectivity index (χ3v) is 4.96. The fourth-order valence-electron chi connectivity index (χ4n) is 2.54. The molecule has 1 fully saturated rings. The third-order valence-electron chi connectivity index (χ3n) is 3.74. The second kappa shape index (κ2) is 5.13. The van der Waals surface area contributed by atoms with Crippen LogP contribution in [-0.2, 0) is 0 Å². The SMILES string of the molecule is NC1CSCC1c1nc(-c2ccc3ncccc3c2)no1. The molecule has 0 aliphatic carbocycles. The highest BCUT2D eigenvalue weighted by atomic mass is 32.2. The highest BCUT2D eigenvalue weighted by Gasteiger charge is 2.31. The maximum atomic E-state index is 6.08. The van der Waals surface area contributed by atoms with Gasteiger partial charge in [-0.25, -0.2) is 0 Å². The summed E-state index contributed by atoms with van der Waals surface area (Å²) in [7, 11) is 0. The Morgan fingerprint density at radius 1 is 1.24 bits per heavy atom. The maximum Gasteiger partial charge on any atom is 0.232 e. The molecule has 3 aromatic rings. The van der Waals surface area contributed by atoms with Gasteiger partial charge in [-0.05, 0) is 24.3 Å². The zero-order valence-electron chi connectivity index (χ0n) is 11.3. The Morgan fingerprint density at radius 2 is 2.19 bits per heavy atom. The lowest BCUT2D eigenvalue weighted by atomic mass is 10.1. The Hall–Kier alpha value is -1.92. The van der Waals surface area contributed by atoms with Crippen LogP contribution in [0.5, 0.6) is 0 Å². The van der Waals surface area contributed by atoms with E-state index in [1.165, 1.54) is 0 Å². The molecule has 4 rings (SSSR count). The number of pyridine rings is 1. The Bertz CT molecular complexity index is 788. The van der Waals surface area contributed by atoms with Crippen LogP contribution in [0.15, 0.2) is 41.1 Å². The van der Waals surface area contributed by atoms with Crippen molar-refractivity contribution in [1.29, 1.82) is 0 Å². The fraction of sp³-hybridized carbons (Fsp3) is 0.267. The first-order valence-electron chi connectivity index (χ1n) is 6.83. The van der Waals surface area contributed by atoms with Gasteiger partial charge in [-0.3, -0.25) is 4.98 Å². The van der Waals surface area contributed by atoms with E-state index in [1.54, 1.807) is 6.20 Å². The van der Waals surface area contributed by atoms with Crippen LogP contribution < -0.4 is 5.73 Å². The van der Waals surface area contributed by atoms with Gasteiger partial charge in [0.25, 0.3) is 0 Å². The molecule has 0 bridgehead atoms. The van der Waals surface area contributed by atoms with Gasteiger partial charge in [0.2, 0.25) is 11.7 Å². The molecule has 2 atom stereocenters. The normalized spacial score (nSPS) is 22.0. The van der Waals surface area contributed by atoms with Gasteiger partial charge in [0.1, 0.15) is 0 Å². The van der Waals surface area contributed by atoms with E-state index < -0.39 is 0 Å². The van der Waals surface area contributed by atoms with Gasteiger partial charge in [-0.2, -0.15) is 16.7 Å². The summed E-state index contributed by atoms with van der Waals surface area (Å²) in [6.07, 6.45) is 1.79. The van der Waals surface area contributed by atoms with Gasteiger partial charge in [-0.1, -0.05) is 11.2 Å². The minimum absolute atomic E-state index is 0.101. The minimum atomic E-state index is 0.101. The van der Waals surface area contributed by atoms with E-state index in [9.17, 15) is 0 Å². The van der Waals surface area contributed by atoms with Crippen molar-refractivity contribution in [2.24, 2.45) is 5.73 Å². The molecule has 0 amide bonds. The molecule has 1 saturated heterocycles. The molecule has 5 nitrogen and oxygen atoms in total. The van der Waals surface area contributed by atoms with Crippen molar-refractivity contribution in [2.75, 3.05) is 11.5 Å². The summed E-state index contributed by atoms with van der Waals surface area (Å²) in [5.41, 5.74) is 7.97. The first-order valence-corrected chi connectivity index (χ1v) is 7.99. The van der Waals surface area contributed by atoms with Crippen LogP contribution >= 0.6 is 11.8 Å². The molecule has 3 heterocycles. The zero-order chi connectivity index (χ0) is 14.2. The highest BCUT2D eigenvalue weighted by molar-refractivity contribution is 7.99. The number of rotatable bonds is 2. The van der Waals surface area contributed by atoms with E-state index >= 15 is 0 Å². The quantitative estimate of drug-likeness (QED) is 0.783. The predicted molar refractivity (Wildman–Crippen MR) is 83.1 cm³/mol. The first kappa shape index (κ1) is 12.8. The van der Waals surface area contributed by atoms with E-state index in [-0.39, 0.29) is 12.0 Å². The van der Waals surface area contributed by atoms with Crippen LogP contribution in [0.1, 0.15) is 11.8 Å². The van der Waals surface area contributed by atoms with Crippen LogP contribution in [0.2, 0.25) is 0 Å². The molecule has 0 radical (unpaired) electrons. The number of hydrogen-bond donors (Lipinski definition) is 1. The summed E-state index contributed by atoms with van der Waals surface area (Å²) in [6.45, 7) is 0. The molecular weight excluding hydrogens is 284 g/mol. The number of thioether (sulfide) groups is 1. The first-order chi connectivity index (χ1) is 10.3. The lowest BCUT2D eigenvalue weighted by Gasteiger charge is -2.07. The largest absolute Gasteiger partial charge is 0.339 e. The average Bonchev–Trinajstić information content (AvgIpc) is 3.15. The second-order valence-corrected chi connectivity index (χ2v) is 6.25. The Labute approximate surface area is 125 Å². The average molecular weight is 298 g/mol. The van der Waals surface area contributed by atoms with Gasteiger partial charge in [0.15, 0.2) is 0 Å². The molecule has 1 aliphatic rings. The van der Waals surface area contributed by atoms with Crippen LogP contribution in [0.25, 0.3) is 22.3 Å². The highest BCUT2D eigenvalue weighted by Crippen LogP contribution is 2.32. The Morgan fingerprint density at radius 3 is 3.05 bits per heavy atom. The lowest BCUT2D eigenvalue weighted by Crippen LogP contribution is -2.26. The molecule has 2 N–H and O–H groups in total. The van der Waals surface area contributed by atoms with Crippen LogP contribution in [-0.4, -0.2) is 32.7 Å². The maximum absolute atomic E-state index is 6.08. The van der Waals surface area contributed by atoms with Gasteiger partial charge in [0.05, 0.1) is 11.4 Å². The van der Waals surface area contributed by atoms with E-state index in [0.717, 1.165) is 28.0 Å². The molecule has 0 spiro atoms. The number of benzene rings is 1. The van der Waals surface area contributed by atoms with Crippen molar-refractivity contribution in [3.8, 4) is 11.4 Å². The molecular formula is C15H14N4OS. The topological polar surface area (TPSA) is 77.8 Å². The fourth-order valence-corrected chi connectivity index (χ4v) is 3.83. The summed E-state index contributed by atoms with van der Waals surface area (Å²) in [4.78, 5) is 8.84. The number of nitrogens with two attached hydrogens (primary N) is 1. The summed E-state index contributed by atoms with van der Waals surface area (Å²) in [5, 5.41) is 5.17. The Kier molecular flexibility index (Phi) is 3.12. The van der Waals surface area contributed by atoms with Crippen LogP contribution in [0, 0.1) is 0 Å². The van der Waals surface area contributed by atoms with Crippen molar-refractivity contribution in [3.05, 3.63) is 42.4 Å². The molecule has 1 aromatic carbocycles. The predicted octanol–water partition coefficient (Wildman–Crippen LogP) is 2.44. The smallest absolute Gasteiger partial charge is 0.232 e. The Balaban J connectivity index is 1.70. The summed E-state index contributed by atoms with van der Waals surface area (Å²) in [5.74, 6) is 3.32. The second-order valence-electron chi connectivity index (χ2n) is 5.17. The van der Waals surface area contributed by atoms with Gasteiger partial charge < -0.3 is 10.3 Å². The zero-order valence-corrected chi connectivity index (χ0v) is 12.1. The van der Waals surface area contributed by atoms with Crippen molar-refractivity contribution >= 4 is 22.7 Å². The number of nitrogens with zero attached hydrogens (tertiary/aromatic N) is 3. The minimum Gasteiger partial charge on any atom is -0.339 e. The molecule has 21 heavy (non-hydrogen) atoms. The van der Waals surface area contributed by atoms with Crippen molar-refractivity contribution in [3.63, 3.8) is 0 Å². The van der Waals surface area contributed by atoms with Gasteiger partial charge in [0, 0.05) is 34.7 Å². The van der Waals surface area contributed by atoms with Crippen LogP contribution in [0.4, 0.5) is 0 Å². The summed E-state index contributed by atoms with van der Waals surface area (Å²) < 4.78 is 5.42. The molecule has 106 valence electrons. The monoisotopic (exact) mass is 298 g/mol. The van der Waals surface area contributed by atoms with E-state index in [2.05, 4.69) is 15.1 Å². The molecule has 1 aliphatic heterocycles. The molecule has 6 heteroatoms. The van der Waals surface area contributed by atoms with Crippen molar-refractivity contribution < 1.29 is 4.52 Å². The number of hydrogen-bond acceptors (Lipinski definition) is 6. The van der Waals surface area contributed by atoms with Gasteiger partial charge in [-0.15, -0.1) is 0 Å². The van der Waals surface area contributed by atoms with Gasteiger partial charge >= 0.3 is 0 Å². The third kappa shape index (κ3) is 2.30. The van der Waals surface area contributed by atoms with Crippen molar-refractivity contribution in [1.82, 2.24) is 15.1 Å². The number of fused-ring (bicyclic) bond motifs is 1. The molecule has 0 saturated carbocycles. The summed E-state index contributed by atoms with van der Waals surface area (Å²) >= 11 is 1.83. The molecule has 2 aromatic heterocycles. The number of aromatic nitrogens is 3. The lowest BCUT2D eigenvalue weighted by molar-refractivity contribution is 0.352. The van der Waals surface area contributed by atoms with Crippen LogP contribution in [0.3, 0.4) is 0 Å². The molecule has 2 unspecified atom stereocenters. The van der Waals surface area contributed by atoms with Crippen molar-refractivity contribution in [2.45, 2.75) is 12.0 Å². The van der Waals surface area contributed by atoms with E-state index in [1.807, 2.05) is 42.1 Å². The summed E-state index contributed by atoms with van der Waals surface area (Å²) in [6, 6.07) is 10.0. The van der Waals surface area contributed by atoms with E-state index in [4.69, 9.17) is 10.3 Å². The standard InChI is InChI=1S/C15H14N4OS/c16-12-8-21-7-11(12)15-18-14(19-20-15)10-3-4-13-9(6-10)2-1-5-17-13/h1-6,11-12H,7-8,16H2.